The van der Waals surface area contributed by atoms with Crippen LogP contribution in [-0.4, -0.2) is 82.7 Å². The minimum absolute atomic E-state index is 0.299. The summed E-state index contributed by atoms with van der Waals surface area (Å²) in [7, 11) is 1.87. The van der Waals surface area contributed by atoms with E-state index in [4.69, 9.17) is 14.2 Å². The number of benzene rings is 1. The van der Waals surface area contributed by atoms with Gasteiger partial charge in [0.1, 0.15) is 0 Å². The van der Waals surface area contributed by atoms with E-state index in [1.807, 2.05) is 7.05 Å². The van der Waals surface area contributed by atoms with Crippen molar-refractivity contribution >= 4 is 11.6 Å². The lowest BCUT2D eigenvalue weighted by Gasteiger charge is -2.35. The normalized spacial score (nSPS) is 23.8. The molecule has 3 aliphatic rings. The Bertz CT molecular complexity index is 694. The van der Waals surface area contributed by atoms with Crippen LogP contribution in [0.4, 0.5) is 5.69 Å². The second-order valence-electron chi connectivity index (χ2n) is 8.64. The van der Waals surface area contributed by atoms with E-state index in [-0.39, 0.29) is 0 Å². The number of hydrogen-bond acceptors (Lipinski definition) is 5. The van der Waals surface area contributed by atoms with Crippen LogP contribution in [0.3, 0.4) is 0 Å². The molecule has 0 aliphatic carbocycles. The molecule has 1 atom stereocenters. The Morgan fingerprint density at radius 3 is 2.61 bits per heavy atom. The highest BCUT2D eigenvalue weighted by molar-refractivity contribution is 5.80. The topological polar surface area (TPSA) is 58.6 Å². The van der Waals surface area contributed by atoms with Gasteiger partial charge < -0.3 is 29.3 Å². The average Bonchev–Trinajstić information content (AvgIpc) is 2.85. The van der Waals surface area contributed by atoms with E-state index in [0.717, 1.165) is 84.4 Å². The van der Waals surface area contributed by atoms with Gasteiger partial charge in [0.15, 0.2) is 5.96 Å². The van der Waals surface area contributed by atoms with Gasteiger partial charge in [-0.05, 0) is 43.7 Å². The van der Waals surface area contributed by atoms with Crippen molar-refractivity contribution in [2.45, 2.75) is 50.9 Å². The zero-order chi connectivity index (χ0) is 21.3. The third kappa shape index (κ3) is 6.34. The summed E-state index contributed by atoms with van der Waals surface area (Å²) in [4.78, 5) is 9.32. The lowest BCUT2D eigenvalue weighted by atomic mass is 10.1. The summed E-state index contributed by atoms with van der Waals surface area (Å²) in [5.41, 5.74) is 2.60. The smallest absolute Gasteiger partial charge is 0.193 e. The van der Waals surface area contributed by atoms with Gasteiger partial charge in [-0.1, -0.05) is 18.2 Å². The largest absolute Gasteiger partial charge is 0.378 e. The van der Waals surface area contributed by atoms with E-state index in [2.05, 4.69) is 44.4 Å². The first kappa shape index (κ1) is 22.4. The van der Waals surface area contributed by atoms with Crippen molar-refractivity contribution in [3.8, 4) is 0 Å². The highest BCUT2D eigenvalue weighted by atomic mass is 16.5. The van der Waals surface area contributed by atoms with Crippen molar-refractivity contribution < 1.29 is 14.2 Å². The minimum Gasteiger partial charge on any atom is -0.378 e. The summed E-state index contributed by atoms with van der Waals surface area (Å²) in [5.74, 6) is 0.978. The van der Waals surface area contributed by atoms with Gasteiger partial charge in [0, 0.05) is 52.1 Å². The van der Waals surface area contributed by atoms with Gasteiger partial charge in [0.25, 0.3) is 0 Å². The molecule has 1 aromatic rings. The highest BCUT2D eigenvalue weighted by Crippen LogP contribution is 2.22. The van der Waals surface area contributed by atoms with Crippen molar-refractivity contribution in [2.24, 2.45) is 4.99 Å². The number of piperidine rings is 1. The average molecular weight is 431 g/mol. The molecule has 1 N–H and O–H groups in total. The van der Waals surface area contributed by atoms with Crippen LogP contribution in [0.1, 0.15) is 37.7 Å². The molecule has 7 nitrogen and oxygen atoms in total. The minimum atomic E-state index is 0.299. The molecule has 7 heteroatoms. The molecule has 172 valence electrons. The predicted molar refractivity (Wildman–Crippen MR) is 124 cm³/mol. The Morgan fingerprint density at radius 2 is 1.87 bits per heavy atom. The van der Waals surface area contributed by atoms with Crippen LogP contribution in [0.5, 0.6) is 0 Å². The van der Waals surface area contributed by atoms with Gasteiger partial charge in [0.2, 0.25) is 0 Å². The lowest BCUT2D eigenvalue weighted by molar-refractivity contribution is -0.0721. The molecular weight excluding hydrogens is 392 g/mol. The van der Waals surface area contributed by atoms with Crippen LogP contribution < -0.4 is 10.2 Å². The summed E-state index contributed by atoms with van der Waals surface area (Å²) in [5, 5.41) is 3.59. The molecule has 0 amide bonds. The maximum absolute atomic E-state index is 6.17. The zero-order valence-corrected chi connectivity index (χ0v) is 18.9. The number of rotatable bonds is 6. The molecule has 3 heterocycles. The summed E-state index contributed by atoms with van der Waals surface area (Å²) in [6.07, 6.45) is 6.31. The second kappa shape index (κ2) is 11.7. The summed E-state index contributed by atoms with van der Waals surface area (Å²) in [6.45, 7) is 7.85. The number of para-hydroxylation sites is 1. The fraction of sp³-hybridized carbons (Fsp3) is 0.708. The maximum Gasteiger partial charge on any atom is 0.193 e. The van der Waals surface area contributed by atoms with Gasteiger partial charge in [-0.15, -0.1) is 0 Å². The van der Waals surface area contributed by atoms with E-state index in [9.17, 15) is 0 Å². The number of ether oxygens (including phenoxy) is 3. The number of hydrogen-bond donors (Lipinski definition) is 1. The van der Waals surface area contributed by atoms with E-state index in [1.54, 1.807) is 0 Å². The molecule has 0 spiro atoms. The van der Waals surface area contributed by atoms with Gasteiger partial charge in [-0.3, -0.25) is 4.99 Å². The van der Waals surface area contributed by atoms with Crippen molar-refractivity contribution in [1.29, 1.82) is 0 Å². The molecule has 3 fully saturated rings. The van der Waals surface area contributed by atoms with E-state index in [1.165, 1.54) is 24.1 Å². The molecular formula is C24H38N4O3. The zero-order valence-electron chi connectivity index (χ0n) is 18.9. The van der Waals surface area contributed by atoms with Crippen LogP contribution in [-0.2, 0) is 20.8 Å². The Hall–Kier alpha value is -1.83. The first-order valence-electron chi connectivity index (χ1n) is 11.9. The lowest BCUT2D eigenvalue weighted by Crippen LogP contribution is -2.47. The number of nitrogens with one attached hydrogen (secondary N) is 1. The summed E-state index contributed by atoms with van der Waals surface area (Å²) in [6, 6.07) is 8.65. The van der Waals surface area contributed by atoms with Crippen LogP contribution in [0.15, 0.2) is 29.3 Å². The Morgan fingerprint density at radius 1 is 1.06 bits per heavy atom. The van der Waals surface area contributed by atoms with Crippen LogP contribution in [0.25, 0.3) is 0 Å². The number of guanidine groups is 1. The van der Waals surface area contributed by atoms with Crippen molar-refractivity contribution in [2.75, 3.05) is 64.6 Å². The summed E-state index contributed by atoms with van der Waals surface area (Å²) < 4.78 is 17.5. The molecule has 31 heavy (non-hydrogen) atoms. The number of nitrogens with zero attached hydrogens (tertiary/aromatic N) is 3. The molecule has 0 aromatic heterocycles. The van der Waals surface area contributed by atoms with E-state index < -0.39 is 0 Å². The van der Waals surface area contributed by atoms with E-state index >= 15 is 0 Å². The maximum atomic E-state index is 6.17. The number of morpholine rings is 1. The first-order valence-corrected chi connectivity index (χ1v) is 11.9. The molecule has 0 saturated carbocycles. The highest BCUT2D eigenvalue weighted by Gasteiger charge is 2.24. The van der Waals surface area contributed by atoms with Crippen LogP contribution in [0, 0.1) is 0 Å². The van der Waals surface area contributed by atoms with Crippen LogP contribution >= 0.6 is 0 Å². The third-order valence-electron chi connectivity index (χ3n) is 6.53. The first-order chi connectivity index (χ1) is 15.3. The molecule has 1 aromatic carbocycles. The van der Waals surface area contributed by atoms with E-state index in [0.29, 0.717) is 12.2 Å². The quantitative estimate of drug-likeness (QED) is 0.553. The molecule has 0 bridgehead atoms. The van der Waals surface area contributed by atoms with Gasteiger partial charge in [-0.2, -0.15) is 0 Å². The monoisotopic (exact) mass is 430 g/mol. The fourth-order valence-electron chi connectivity index (χ4n) is 4.70. The van der Waals surface area contributed by atoms with Crippen molar-refractivity contribution in [1.82, 2.24) is 10.2 Å². The molecule has 3 aliphatic heterocycles. The number of likely N-dealkylation sites (tertiary alicyclic amines) is 1. The molecule has 3 saturated heterocycles. The van der Waals surface area contributed by atoms with Gasteiger partial charge in [-0.25, -0.2) is 0 Å². The standard InChI is InChI=1S/C24H38N4O3/c1-25-24(26-18-20-6-2-3-8-23(20)27-13-16-29-17-14-27)28-11-9-21(10-12-28)31-19-22-7-4-5-15-30-22/h2-3,6,8,21-22H,4-5,7,9-19H2,1H3,(H,25,26). The Balaban J connectivity index is 1.24. The number of aliphatic imine (C=N–C) groups is 1. The molecule has 1 unspecified atom stereocenters. The SMILES string of the molecule is CN=C(NCc1ccccc1N1CCOCC1)N1CCC(OCC2CCCCO2)CC1. The second-order valence-corrected chi connectivity index (χ2v) is 8.64. The fourth-order valence-corrected chi connectivity index (χ4v) is 4.70. The Kier molecular flexibility index (Phi) is 8.44. The Labute approximate surface area is 186 Å². The number of anilines is 1. The summed E-state index contributed by atoms with van der Waals surface area (Å²) >= 11 is 0. The molecule has 4 rings (SSSR count). The third-order valence-corrected chi connectivity index (χ3v) is 6.53. The van der Waals surface area contributed by atoms with Crippen molar-refractivity contribution in [3.05, 3.63) is 29.8 Å². The molecule has 0 radical (unpaired) electrons. The predicted octanol–water partition coefficient (Wildman–Crippen LogP) is 2.65. The van der Waals surface area contributed by atoms with Crippen LogP contribution in [0.2, 0.25) is 0 Å². The van der Waals surface area contributed by atoms with Gasteiger partial charge in [0.05, 0.1) is 32.0 Å². The van der Waals surface area contributed by atoms with Crippen molar-refractivity contribution in [3.63, 3.8) is 0 Å². The van der Waals surface area contributed by atoms with Gasteiger partial charge >= 0.3 is 0 Å².